The molecule has 0 fully saturated rings. The maximum Gasteiger partial charge on any atom is 0.0774 e. The average molecular weight is 1020 g/mol. The van der Waals surface area contributed by atoms with Crippen LogP contribution in [0, 0.1) is 18.3 Å². The second-order valence-corrected chi connectivity index (χ2v) is 16.9. The van der Waals surface area contributed by atoms with Gasteiger partial charge in [-0.2, -0.15) is 0 Å². The van der Waals surface area contributed by atoms with Crippen LogP contribution >= 0.6 is 22.7 Å². The second kappa shape index (κ2) is 17.5. The number of imidazole rings is 1. The third-order valence-corrected chi connectivity index (χ3v) is 13.2. The summed E-state index contributed by atoms with van der Waals surface area (Å²) in [5.41, 5.74) is 13.0. The normalized spacial score (nSPS) is 12.0. The summed E-state index contributed by atoms with van der Waals surface area (Å²) in [6.45, 7) is -2.09. The van der Waals surface area contributed by atoms with Gasteiger partial charge in [0.15, 0.2) is 0 Å². The van der Waals surface area contributed by atoms with Crippen LogP contribution in [0.4, 0.5) is 0 Å². The summed E-state index contributed by atoms with van der Waals surface area (Å²) in [5.74, 6) is 0.893. The Hall–Kier alpha value is -6.79. The van der Waals surface area contributed by atoms with E-state index in [-0.39, 0.29) is 25.7 Å². The number of benzene rings is 8. The number of hydrogen-bond donors (Lipinski definition) is 0. The number of nitrogens with zero attached hydrogens (tertiary/aromatic N) is 3. The number of pyridine rings is 1. The van der Waals surface area contributed by atoms with Crippen LogP contribution in [0.3, 0.4) is 0 Å². The first kappa shape index (κ1) is 36.8. The molecule has 0 N–H and O–H groups in total. The van der Waals surface area contributed by atoms with E-state index in [1.54, 1.807) is 29.5 Å². The van der Waals surface area contributed by atoms with Crippen LogP contribution < -0.4 is 0 Å². The number of thiophene rings is 2. The van der Waals surface area contributed by atoms with Crippen LogP contribution in [0.1, 0.15) is 9.68 Å². The molecule has 3 nitrogen and oxygen atoms in total. The summed E-state index contributed by atoms with van der Waals surface area (Å²) in [6, 6.07) is 72.6. The minimum absolute atomic E-state index is 0. The molecule has 0 unspecified atom stereocenters. The van der Waals surface area contributed by atoms with Crippen LogP contribution in [-0.2, 0) is 20.1 Å². The molecule has 303 valence electrons. The van der Waals surface area contributed by atoms with Gasteiger partial charge in [0, 0.05) is 61.7 Å². The number of rotatable bonds is 6. The van der Waals surface area contributed by atoms with E-state index in [1.165, 1.54) is 42.2 Å². The molecule has 0 amide bonds. The van der Waals surface area contributed by atoms with Crippen molar-refractivity contribution in [2.75, 3.05) is 0 Å². The molecule has 0 saturated heterocycles. The number of aryl methyl sites for hydroxylation is 1. The van der Waals surface area contributed by atoms with E-state index in [0.717, 1.165) is 67.0 Å². The summed E-state index contributed by atoms with van der Waals surface area (Å²) in [4.78, 5) is 9.49. The molecular formula is C57H37IrN3S2-2. The molecule has 4 aromatic heterocycles. The molecule has 0 spiro atoms. The molecular weight excluding hydrogens is 983 g/mol. The van der Waals surface area contributed by atoms with Gasteiger partial charge in [0.2, 0.25) is 0 Å². The van der Waals surface area contributed by atoms with Crippen molar-refractivity contribution in [1.29, 1.82) is 0 Å². The van der Waals surface area contributed by atoms with Crippen molar-refractivity contribution in [2.45, 2.75) is 6.85 Å². The first-order chi connectivity index (χ1) is 31.9. The van der Waals surface area contributed by atoms with Gasteiger partial charge in [0.1, 0.15) is 0 Å². The Bertz CT molecular complexity index is 3580. The van der Waals surface area contributed by atoms with E-state index in [0.29, 0.717) is 0 Å². The summed E-state index contributed by atoms with van der Waals surface area (Å²) < 4.78 is 27.9. The predicted octanol–water partition coefficient (Wildman–Crippen LogP) is 15.9. The van der Waals surface area contributed by atoms with Crippen molar-refractivity contribution in [2.24, 2.45) is 0 Å². The molecule has 0 aliphatic rings. The summed E-state index contributed by atoms with van der Waals surface area (Å²) in [5, 5.41) is 7.49. The van der Waals surface area contributed by atoms with Gasteiger partial charge in [-0.3, -0.25) is 16.3 Å². The zero-order chi connectivity index (χ0) is 43.9. The van der Waals surface area contributed by atoms with Crippen LogP contribution in [0.2, 0.25) is 0 Å². The Morgan fingerprint density at radius 2 is 1.22 bits per heavy atom. The monoisotopic (exact) mass is 1020 g/mol. The van der Waals surface area contributed by atoms with Crippen LogP contribution in [0.25, 0.3) is 103 Å². The minimum Gasteiger partial charge on any atom is -0.332 e. The van der Waals surface area contributed by atoms with Gasteiger partial charge in [-0.05, 0) is 70.7 Å². The first-order valence-electron chi connectivity index (χ1n) is 21.9. The van der Waals surface area contributed by atoms with Gasteiger partial charge in [-0.25, -0.2) is 0 Å². The van der Waals surface area contributed by atoms with Crippen LogP contribution in [-0.4, -0.2) is 14.5 Å². The largest absolute Gasteiger partial charge is 0.332 e. The molecule has 6 heteroatoms. The van der Waals surface area contributed by atoms with E-state index in [2.05, 4.69) is 185 Å². The molecule has 12 aromatic rings. The second-order valence-electron chi connectivity index (χ2n) is 15.0. The number of para-hydroxylation sites is 3. The molecule has 8 aromatic carbocycles. The Balaban J connectivity index is 0.000000256. The van der Waals surface area contributed by atoms with Crippen LogP contribution in [0.5, 0.6) is 0 Å². The topological polar surface area (TPSA) is 30.7 Å². The summed E-state index contributed by atoms with van der Waals surface area (Å²) in [7, 11) is 0. The predicted molar refractivity (Wildman–Crippen MR) is 263 cm³/mol. The van der Waals surface area contributed by atoms with Crippen LogP contribution in [0.15, 0.2) is 206 Å². The van der Waals surface area contributed by atoms with Gasteiger partial charge in [0.25, 0.3) is 0 Å². The van der Waals surface area contributed by atoms with Crippen molar-refractivity contribution in [1.82, 2.24) is 14.5 Å². The summed E-state index contributed by atoms with van der Waals surface area (Å²) in [6.07, 6.45) is 1.39. The molecule has 63 heavy (non-hydrogen) atoms. The van der Waals surface area contributed by atoms with Gasteiger partial charge >= 0.3 is 0 Å². The van der Waals surface area contributed by atoms with E-state index < -0.39 is 6.85 Å². The molecule has 0 aliphatic carbocycles. The van der Waals surface area contributed by atoms with E-state index in [1.807, 2.05) is 29.5 Å². The quantitative estimate of drug-likeness (QED) is 0.155. The SMILES string of the molecule is [2H]C([2H])([2H])c1ccc(-c2[c-]cccc2)nc1.[Ir].[c-]1sc2ccc(-c3ccc4sc5ccccc5c4c3)cc2c1-c1nc2ccccc2n1-c1c(-c2ccccc2)cccc1-c1ccccc1. The van der Waals surface area contributed by atoms with Crippen molar-refractivity contribution in [3.05, 3.63) is 223 Å². The third kappa shape index (κ3) is 7.73. The Kier molecular flexibility index (Phi) is 10.2. The number of fused-ring (bicyclic) bond motifs is 5. The standard InChI is InChI=1S/C45H27N2S2.C12H10N.Ir/c1-3-12-29(13-4-1)33-17-11-18-34(30-14-5-2-6-15-30)44(33)47-40-20-9-8-19-39(40)46-45(47)38-28-48-41-24-22-31(27-37(38)41)32-23-25-43-36(26-32)35-16-7-10-21-42(35)49-43;1-10-7-8-12(13-9-10)11-5-3-2-4-6-11;/h1-27H;2-5,7-9H,1H3;/q2*-1;/i;1D3;. The van der Waals surface area contributed by atoms with E-state index in [4.69, 9.17) is 9.10 Å². The first-order valence-corrected chi connectivity index (χ1v) is 22.0. The van der Waals surface area contributed by atoms with Crippen molar-refractivity contribution >= 4 is 64.0 Å². The zero-order valence-corrected chi connectivity index (χ0v) is 37.6. The van der Waals surface area contributed by atoms with E-state index in [9.17, 15) is 0 Å². The van der Waals surface area contributed by atoms with Gasteiger partial charge in [-0.1, -0.05) is 161 Å². The van der Waals surface area contributed by atoms with Gasteiger partial charge < -0.3 is 9.55 Å². The Morgan fingerprint density at radius 3 is 1.94 bits per heavy atom. The Labute approximate surface area is 392 Å². The Morgan fingerprint density at radius 1 is 0.556 bits per heavy atom. The fourth-order valence-corrected chi connectivity index (χ4v) is 10.1. The molecule has 4 heterocycles. The van der Waals surface area contributed by atoms with Crippen molar-refractivity contribution in [3.8, 4) is 61.7 Å². The van der Waals surface area contributed by atoms with Crippen molar-refractivity contribution in [3.63, 3.8) is 0 Å². The fraction of sp³-hybridized carbons (Fsp3) is 0.0175. The minimum atomic E-state index is -2.09. The maximum atomic E-state index is 7.23. The zero-order valence-electron chi connectivity index (χ0n) is 36.6. The number of aromatic nitrogens is 3. The van der Waals surface area contributed by atoms with Crippen molar-refractivity contribution < 1.29 is 24.2 Å². The molecule has 0 atom stereocenters. The molecule has 0 bridgehead atoms. The number of hydrogen-bond acceptors (Lipinski definition) is 4. The average Bonchev–Trinajstić information content (AvgIpc) is 4.07. The summed E-state index contributed by atoms with van der Waals surface area (Å²) >= 11 is 3.51. The molecule has 0 saturated carbocycles. The third-order valence-electron chi connectivity index (χ3n) is 11.2. The molecule has 12 rings (SSSR count). The molecule has 0 aliphatic heterocycles. The van der Waals surface area contributed by atoms with Gasteiger partial charge in [0.05, 0.1) is 22.5 Å². The molecule has 1 radical (unpaired) electrons. The maximum absolute atomic E-state index is 7.23. The van der Waals surface area contributed by atoms with E-state index >= 15 is 0 Å². The van der Waals surface area contributed by atoms with Gasteiger partial charge in [-0.15, -0.1) is 52.6 Å². The smallest absolute Gasteiger partial charge is 0.0774 e. The fourth-order valence-electron chi connectivity index (χ4n) is 8.24.